The Morgan fingerprint density at radius 2 is 1.77 bits per heavy atom. The number of alkyl halides is 3. The molecule has 0 unspecified atom stereocenters. The minimum atomic E-state index is -4.47. The monoisotopic (exact) mass is 430 g/mol. The van der Waals surface area contributed by atoms with Crippen LogP contribution in [0.4, 0.5) is 18.9 Å². The Labute approximate surface area is 177 Å². The Bertz CT molecular complexity index is 1140. The van der Waals surface area contributed by atoms with Crippen LogP contribution in [-0.2, 0) is 17.4 Å². The van der Waals surface area contributed by atoms with E-state index in [0.717, 1.165) is 12.1 Å². The molecule has 162 valence electrons. The highest BCUT2D eigenvalue weighted by Gasteiger charge is 2.30. The summed E-state index contributed by atoms with van der Waals surface area (Å²) in [4.78, 5) is 24.6. The molecular formula is C22H21F3N4O2. The maximum atomic E-state index is 13.1. The van der Waals surface area contributed by atoms with E-state index in [-0.39, 0.29) is 23.9 Å². The molecule has 2 N–H and O–H groups in total. The molecule has 0 atom stereocenters. The molecule has 31 heavy (non-hydrogen) atoms. The van der Waals surface area contributed by atoms with E-state index in [9.17, 15) is 22.8 Å². The average Bonchev–Trinajstić information content (AvgIpc) is 3.01. The average molecular weight is 430 g/mol. The quantitative estimate of drug-likeness (QED) is 0.641. The fraction of sp³-hybridized carbons (Fsp3) is 0.227. The molecule has 0 bridgehead atoms. The Morgan fingerprint density at radius 1 is 1.06 bits per heavy atom. The molecule has 1 aromatic heterocycles. The van der Waals surface area contributed by atoms with Gasteiger partial charge in [0.1, 0.15) is 0 Å². The van der Waals surface area contributed by atoms with Crippen molar-refractivity contribution in [2.45, 2.75) is 26.4 Å². The minimum Gasteiger partial charge on any atom is -0.355 e. The number of aryl methyl sites for hydroxylation is 1. The molecule has 1 heterocycles. The molecule has 0 aliphatic carbocycles. The van der Waals surface area contributed by atoms with E-state index in [1.165, 1.54) is 23.9 Å². The number of aromatic nitrogens is 2. The highest BCUT2D eigenvalue weighted by molar-refractivity contribution is 6.04. The summed E-state index contributed by atoms with van der Waals surface area (Å²) in [5.41, 5.74) is 1.87. The number of halogens is 3. The van der Waals surface area contributed by atoms with E-state index in [1.807, 2.05) is 0 Å². The van der Waals surface area contributed by atoms with Gasteiger partial charge < -0.3 is 10.6 Å². The summed E-state index contributed by atoms with van der Waals surface area (Å²) in [5, 5.41) is 9.56. The second-order valence-corrected chi connectivity index (χ2v) is 6.96. The fourth-order valence-corrected chi connectivity index (χ4v) is 3.28. The first kappa shape index (κ1) is 22.1. The predicted molar refractivity (Wildman–Crippen MR) is 110 cm³/mol. The minimum absolute atomic E-state index is 0.0429. The van der Waals surface area contributed by atoms with E-state index >= 15 is 0 Å². The van der Waals surface area contributed by atoms with Crippen molar-refractivity contribution in [3.63, 3.8) is 0 Å². The molecule has 0 aliphatic rings. The van der Waals surface area contributed by atoms with E-state index in [0.29, 0.717) is 28.2 Å². The van der Waals surface area contributed by atoms with Gasteiger partial charge in [-0.15, -0.1) is 0 Å². The number of hydrogen-bond donors (Lipinski definition) is 2. The third-order valence-corrected chi connectivity index (χ3v) is 4.87. The smallest absolute Gasteiger partial charge is 0.355 e. The number of hydrogen-bond acceptors (Lipinski definition) is 3. The van der Waals surface area contributed by atoms with Crippen LogP contribution in [0.15, 0.2) is 48.5 Å². The van der Waals surface area contributed by atoms with Crippen LogP contribution in [0, 0.1) is 13.8 Å². The van der Waals surface area contributed by atoms with E-state index in [4.69, 9.17) is 0 Å². The molecule has 0 saturated carbocycles. The Hall–Kier alpha value is -3.62. The third-order valence-electron chi connectivity index (χ3n) is 4.87. The van der Waals surface area contributed by atoms with Gasteiger partial charge in [-0.2, -0.15) is 18.3 Å². The van der Waals surface area contributed by atoms with Gasteiger partial charge in [-0.05, 0) is 44.2 Å². The standard InChI is InChI=1S/C22H21F3N4O2/c1-13-18(12-20(30)27-19-10-5-4-9-17(19)21(31)26-3)14(2)29(28-13)16-8-6-7-15(11-16)22(23,24)25/h4-11H,12H2,1-3H3,(H,26,31)(H,27,30). The molecule has 0 saturated heterocycles. The molecule has 6 nitrogen and oxygen atoms in total. The number of carbonyl (C=O) groups excluding carboxylic acids is 2. The number of anilines is 1. The molecule has 2 amide bonds. The largest absolute Gasteiger partial charge is 0.416 e. The molecule has 3 aromatic rings. The summed E-state index contributed by atoms with van der Waals surface area (Å²) in [6, 6.07) is 11.5. The number of benzene rings is 2. The van der Waals surface area contributed by atoms with E-state index in [1.54, 1.807) is 38.1 Å². The third kappa shape index (κ3) is 4.76. The lowest BCUT2D eigenvalue weighted by atomic mass is 10.1. The maximum absolute atomic E-state index is 13.1. The van der Waals surface area contributed by atoms with Gasteiger partial charge in [0, 0.05) is 18.3 Å². The zero-order valence-corrected chi connectivity index (χ0v) is 17.2. The predicted octanol–water partition coefficient (Wildman–Crippen LogP) is 4.05. The first-order valence-corrected chi connectivity index (χ1v) is 9.45. The summed E-state index contributed by atoms with van der Waals surface area (Å²) in [5.74, 6) is -0.702. The summed E-state index contributed by atoms with van der Waals surface area (Å²) >= 11 is 0. The number of amides is 2. The van der Waals surface area contributed by atoms with Crippen molar-refractivity contribution in [1.82, 2.24) is 15.1 Å². The first-order chi connectivity index (χ1) is 14.6. The van der Waals surface area contributed by atoms with Crippen molar-refractivity contribution in [2.24, 2.45) is 0 Å². The lowest BCUT2D eigenvalue weighted by Crippen LogP contribution is -2.22. The summed E-state index contributed by atoms with van der Waals surface area (Å²) in [6.07, 6.45) is -4.51. The molecule has 0 aliphatic heterocycles. The van der Waals surface area contributed by atoms with Crippen LogP contribution in [0.25, 0.3) is 5.69 Å². The van der Waals surface area contributed by atoms with Gasteiger partial charge in [-0.1, -0.05) is 18.2 Å². The fourth-order valence-electron chi connectivity index (χ4n) is 3.28. The van der Waals surface area contributed by atoms with Crippen molar-refractivity contribution in [3.05, 3.63) is 76.6 Å². The second kappa shape index (κ2) is 8.63. The van der Waals surface area contributed by atoms with Crippen molar-refractivity contribution in [1.29, 1.82) is 0 Å². The van der Waals surface area contributed by atoms with Crippen molar-refractivity contribution in [3.8, 4) is 5.69 Å². The highest BCUT2D eigenvalue weighted by Crippen LogP contribution is 2.31. The van der Waals surface area contributed by atoms with Crippen LogP contribution in [-0.4, -0.2) is 28.6 Å². The zero-order valence-electron chi connectivity index (χ0n) is 17.2. The van der Waals surface area contributed by atoms with Gasteiger partial charge in [0.2, 0.25) is 5.91 Å². The lowest BCUT2D eigenvalue weighted by molar-refractivity contribution is -0.137. The summed E-state index contributed by atoms with van der Waals surface area (Å²) in [6.45, 7) is 3.39. The Kier molecular flexibility index (Phi) is 6.14. The number of rotatable bonds is 5. The summed E-state index contributed by atoms with van der Waals surface area (Å²) < 4.78 is 40.5. The first-order valence-electron chi connectivity index (χ1n) is 9.45. The van der Waals surface area contributed by atoms with Gasteiger partial charge in [-0.3, -0.25) is 9.59 Å². The van der Waals surface area contributed by atoms with Gasteiger partial charge in [-0.25, -0.2) is 4.68 Å². The van der Waals surface area contributed by atoms with Crippen LogP contribution in [0.1, 0.15) is 32.9 Å². The van der Waals surface area contributed by atoms with Crippen LogP contribution in [0.2, 0.25) is 0 Å². The normalized spacial score (nSPS) is 11.3. The highest BCUT2D eigenvalue weighted by atomic mass is 19.4. The molecule has 3 rings (SSSR count). The summed E-state index contributed by atoms with van der Waals surface area (Å²) in [7, 11) is 1.50. The van der Waals surface area contributed by atoms with Crippen molar-refractivity contribution >= 4 is 17.5 Å². The molecular weight excluding hydrogens is 409 g/mol. The number of nitrogens with zero attached hydrogens (tertiary/aromatic N) is 2. The second-order valence-electron chi connectivity index (χ2n) is 6.96. The molecule has 9 heteroatoms. The molecule has 0 fully saturated rings. The van der Waals surface area contributed by atoms with Gasteiger partial charge in [0.05, 0.1) is 34.6 Å². The van der Waals surface area contributed by atoms with Crippen LogP contribution in [0.3, 0.4) is 0 Å². The number of nitrogens with one attached hydrogen (secondary N) is 2. The van der Waals surface area contributed by atoms with Crippen LogP contribution in [0.5, 0.6) is 0 Å². The molecule has 2 aromatic carbocycles. The van der Waals surface area contributed by atoms with Crippen LogP contribution < -0.4 is 10.6 Å². The number of carbonyl (C=O) groups is 2. The van der Waals surface area contributed by atoms with Crippen molar-refractivity contribution < 1.29 is 22.8 Å². The SMILES string of the molecule is CNC(=O)c1ccccc1NC(=O)Cc1c(C)nn(-c2cccc(C(F)(F)F)c2)c1C. The maximum Gasteiger partial charge on any atom is 0.416 e. The van der Waals surface area contributed by atoms with Gasteiger partial charge in [0.15, 0.2) is 0 Å². The van der Waals surface area contributed by atoms with E-state index < -0.39 is 11.7 Å². The van der Waals surface area contributed by atoms with E-state index in [2.05, 4.69) is 15.7 Å². The van der Waals surface area contributed by atoms with Crippen molar-refractivity contribution in [2.75, 3.05) is 12.4 Å². The lowest BCUT2D eigenvalue weighted by Gasteiger charge is -2.11. The molecule has 0 radical (unpaired) electrons. The van der Waals surface area contributed by atoms with Gasteiger partial charge in [0.25, 0.3) is 5.91 Å². The zero-order chi connectivity index (χ0) is 22.8. The topological polar surface area (TPSA) is 76.0 Å². The number of para-hydroxylation sites is 1. The van der Waals surface area contributed by atoms with Gasteiger partial charge >= 0.3 is 6.18 Å². The Balaban J connectivity index is 1.86. The van der Waals surface area contributed by atoms with Crippen LogP contribution >= 0.6 is 0 Å². The Morgan fingerprint density at radius 3 is 2.45 bits per heavy atom. The molecule has 0 spiro atoms.